The number of hydrogen-bond donors (Lipinski definition) is 0. The van der Waals surface area contributed by atoms with E-state index in [2.05, 4.69) is 5.10 Å². The zero-order valence-electron chi connectivity index (χ0n) is 15.2. The van der Waals surface area contributed by atoms with E-state index in [0.717, 1.165) is 22.8 Å². The van der Waals surface area contributed by atoms with E-state index in [-0.39, 0.29) is 5.91 Å². The molecule has 1 aromatic heterocycles. The molecular weight excluding hydrogens is 342 g/mol. The SMILES string of the molecule is COc1ccc(CN2CCn3nc(COc4ccccc4)cc3C2=O)cc1. The molecule has 0 unspecified atom stereocenters. The zero-order valence-corrected chi connectivity index (χ0v) is 15.2. The highest BCUT2D eigenvalue weighted by Crippen LogP contribution is 2.19. The average molecular weight is 363 g/mol. The lowest BCUT2D eigenvalue weighted by Crippen LogP contribution is -2.39. The predicted octanol–water partition coefficient (Wildman–Crippen LogP) is 3.13. The van der Waals surface area contributed by atoms with Crippen molar-refractivity contribution in [3.63, 3.8) is 0 Å². The van der Waals surface area contributed by atoms with E-state index in [1.54, 1.807) is 11.8 Å². The van der Waals surface area contributed by atoms with E-state index in [1.807, 2.05) is 65.6 Å². The van der Waals surface area contributed by atoms with Crippen LogP contribution in [0.1, 0.15) is 21.7 Å². The molecule has 138 valence electrons. The maximum atomic E-state index is 12.8. The molecule has 2 aromatic carbocycles. The summed E-state index contributed by atoms with van der Waals surface area (Å²) in [6.07, 6.45) is 0. The Balaban J connectivity index is 1.43. The zero-order chi connectivity index (χ0) is 18.6. The van der Waals surface area contributed by atoms with Gasteiger partial charge in [-0.15, -0.1) is 0 Å². The highest BCUT2D eigenvalue weighted by molar-refractivity contribution is 5.93. The third-order valence-electron chi connectivity index (χ3n) is 4.58. The predicted molar refractivity (Wildman–Crippen MR) is 101 cm³/mol. The van der Waals surface area contributed by atoms with E-state index in [4.69, 9.17) is 9.47 Å². The van der Waals surface area contributed by atoms with Gasteiger partial charge in [-0.05, 0) is 35.9 Å². The van der Waals surface area contributed by atoms with Gasteiger partial charge in [0.2, 0.25) is 0 Å². The van der Waals surface area contributed by atoms with Crippen LogP contribution in [0.25, 0.3) is 0 Å². The molecule has 0 fully saturated rings. The number of amides is 1. The van der Waals surface area contributed by atoms with E-state index in [0.29, 0.717) is 31.9 Å². The lowest BCUT2D eigenvalue weighted by molar-refractivity contribution is 0.0683. The molecule has 1 aliphatic rings. The van der Waals surface area contributed by atoms with Crippen molar-refractivity contribution in [2.24, 2.45) is 0 Å². The van der Waals surface area contributed by atoms with E-state index >= 15 is 0 Å². The summed E-state index contributed by atoms with van der Waals surface area (Å²) in [5.74, 6) is 1.59. The Morgan fingerprint density at radius 1 is 1.00 bits per heavy atom. The third-order valence-corrected chi connectivity index (χ3v) is 4.58. The first kappa shape index (κ1) is 17.1. The fraction of sp³-hybridized carbons (Fsp3) is 0.238. The van der Waals surface area contributed by atoms with Crippen molar-refractivity contribution in [2.45, 2.75) is 19.7 Å². The van der Waals surface area contributed by atoms with Crippen molar-refractivity contribution in [3.05, 3.63) is 77.6 Å². The van der Waals surface area contributed by atoms with Crippen LogP contribution in [0, 0.1) is 0 Å². The fourth-order valence-electron chi connectivity index (χ4n) is 3.14. The number of para-hydroxylation sites is 1. The standard InChI is InChI=1S/C21H21N3O3/c1-26-18-9-7-16(8-10-18)14-23-11-12-24-20(21(23)25)13-17(22-24)15-27-19-5-3-2-4-6-19/h2-10,13H,11-12,14-15H2,1H3. The number of hydrogen-bond acceptors (Lipinski definition) is 4. The molecule has 6 nitrogen and oxygen atoms in total. The van der Waals surface area contributed by atoms with Gasteiger partial charge in [0.1, 0.15) is 29.5 Å². The second-order valence-corrected chi connectivity index (χ2v) is 6.42. The van der Waals surface area contributed by atoms with Crippen molar-refractivity contribution in [3.8, 4) is 11.5 Å². The maximum Gasteiger partial charge on any atom is 0.272 e. The summed E-state index contributed by atoms with van der Waals surface area (Å²) in [5, 5.41) is 4.51. The molecule has 3 aromatic rings. The number of nitrogens with zero attached hydrogens (tertiary/aromatic N) is 3. The van der Waals surface area contributed by atoms with Crippen LogP contribution in [0.3, 0.4) is 0 Å². The monoisotopic (exact) mass is 363 g/mol. The summed E-state index contributed by atoms with van der Waals surface area (Å²) in [4.78, 5) is 14.7. The summed E-state index contributed by atoms with van der Waals surface area (Å²) in [7, 11) is 1.64. The molecule has 0 radical (unpaired) electrons. The lowest BCUT2D eigenvalue weighted by Gasteiger charge is -2.27. The second-order valence-electron chi connectivity index (χ2n) is 6.42. The van der Waals surface area contributed by atoms with Gasteiger partial charge in [0.05, 0.1) is 13.7 Å². The van der Waals surface area contributed by atoms with Gasteiger partial charge in [0.25, 0.3) is 5.91 Å². The lowest BCUT2D eigenvalue weighted by atomic mass is 10.2. The van der Waals surface area contributed by atoms with Crippen LogP contribution in [-0.2, 0) is 19.7 Å². The molecular formula is C21H21N3O3. The molecule has 27 heavy (non-hydrogen) atoms. The summed E-state index contributed by atoms with van der Waals surface area (Å²) in [5.41, 5.74) is 2.44. The normalized spacial score (nSPS) is 13.4. The Morgan fingerprint density at radius 3 is 2.52 bits per heavy atom. The molecule has 0 saturated carbocycles. The number of aromatic nitrogens is 2. The number of carbonyl (C=O) groups excluding carboxylic acids is 1. The van der Waals surface area contributed by atoms with Gasteiger partial charge < -0.3 is 14.4 Å². The molecule has 2 heterocycles. The average Bonchev–Trinajstić information content (AvgIpc) is 3.14. The first-order valence-electron chi connectivity index (χ1n) is 8.90. The highest BCUT2D eigenvalue weighted by atomic mass is 16.5. The second kappa shape index (κ2) is 7.53. The smallest absolute Gasteiger partial charge is 0.272 e. The van der Waals surface area contributed by atoms with Crippen LogP contribution >= 0.6 is 0 Å². The summed E-state index contributed by atoms with van der Waals surface area (Å²) >= 11 is 0. The molecule has 0 spiro atoms. The van der Waals surface area contributed by atoms with Crippen LogP contribution in [0.15, 0.2) is 60.7 Å². The number of ether oxygens (including phenoxy) is 2. The summed E-state index contributed by atoms with van der Waals surface area (Å²) < 4.78 is 12.7. The summed E-state index contributed by atoms with van der Waals surface area (Å²) in [6, 6.07) is 19.2. The first-order chi connectivity index (χ1) is 13.2. The quantitative estimate of drug-likeness (QED) is 0.675. The van der Waals surface area contributed by atoms with Gasteiger partial charge in [-0.25, -0.2) is 0 Å². The van der Waals surface area contributed by atoms with Gasteiger partial charge in [-0.1, -0.05) is 30.3 Å². The molecule has 6 heteroatoms. The Bertz CT molecular complexity index is 920. The van der Waals surface area contributed by atoms with Crippen LogP contribution < -0.4 is 9.47 Å². The molecule has 0 N–H and O–H groups in total. The molecule has 1 amide bonds. The summed E-state index contributed by atoms with van der Waals surface area (Å²) in [6.45, 7) is 2.24. The van der Waals surface area contributed by atoms with Gasteiger partial charge in [-0.2, -0.15) is 5.10 Å². The highest BCUT2D eigenvalue weighted by Gasteiger charge is 2.26. The van der Waals surface area contributed by atoms with E-state index < -0.39 is 0 Å². The van der Waals surface area contributed by atoms with Crippen LogP contribution in [0.2, 0.25) is 0 Å². The van der Waals surface area contributed by atoms with Crippen molar-refractivity contribution < 1.29 is 14.3 Å². The van der Waals surface area contributed by atoms with E-state index in [1.165, 1.54) is 0 Å². The number of methoxy groups -OCH3 is 1. The van der Waals surface area contributed by atoms with Gasteiger partial charge in [0.15, 0.2) is 0 Å². The van der Waals surface area contributed by atoms with Gasteiger partial charge in [-0.3, -0.25) is 9.48 Å². The van der Waals surface area contributed by atoms with E-state index in [9.17, 15) is 4.79 Å². The van der Waals surface area contributed by atoms with Crippen LogP contribution in [-0.4, -0.2) is 34.2 Å². The van der Waals surface area contributed by atoms with Crippen molar-refractivity contribution in [2.75, 3.05) is 13.7 Å². The Hall–Kier alpha value is -3.28. The minimum absolute atomic E-state index is 0.00414. The molecule has 4 rings (SSSR count). The minimum Gasteiger partial charge on any atom is -0.497 e. The van der Waals surface area contributed by atoms with Gasteiger partial charge in [0, 0.05) is 13.1 Å². The number of rotatable bonds is 6. The number of benzene rings is 2. The fourth-order valence-corrected chi connectivity index (χ4v) is 3.14. The molecule has 0 bridgehead atoms. The number of fused-ring (bicyclic) bond motifs is 1. The third kappa shape index (κ3) is 3.79. The van der Waals surface area contributed by atoms with Crippen molar-refractivity contribution >= 4 is 5.91 Å². The minimum atomic E-state index is -0.00414. The largest absolute Gasteiger partial charge is 0.497 e. The Kier molecular flexibility index (Phi) is 4.78. The van der Waals surface area contributed by atoms with Crippen LogP contribution in [0.5, 0.6) is 11.5 Å². The first-order valence-corrected chi connectivity index (χ1v) is 8.90. The molecule has 1 aliphatic heterocycles. The Morgan fingerprint density at radius 2 is 1.78 bits per heavy atom. The van der Waals surface area contributed by atoms with Crippen LogP contribution in [0.4, 0.5) is 0 Å². The van der Waals surface area contributed by atoms with Crippen molar-refractivity contribution in [1.29, 1.82) is 0 Å². The topological polar surface area (TPSA) is 56.6 Å². The maximum absolute atomic E-state index is 12.8. The molecule has 0 saturated heterocycles. The van der Waals surface area contributed by atoms with Gasteiger partial charge >= 0.3 is 0 Å². The number of carbonyl (C=O) groups is 1. The molecule has 0 atom stereocenters. The molecule has 0 aliphatic carbocycles. The Labute approximate surface area is 157 Å². The van der Waals surface area contributed by atoms with Crippen molar-refractivity contribution in [1.82, 2.24) is 14.7 Å².